The highest BCUT2D eigenvalue weighted by Gasteiger charge is 2.50. The molecule has 9 nitrogen and oxygen atoms in total. The fourth-order valence-electron chi connectivity index (χ4n) is 8.29. The lowest BCUT2D eigenvalue weighted by Crippen LogP contribution is -2.54. The van der Waals surface area contributed by atoms with Crippen LogP contribution in [0.15, 0.2) is 66.7 Å². The number of nitrogens with zero attached hydrogens (tertiary/aromatic N) is 5. The van der Waals surface area contributed by atoms with Gasteiger partial charge < -0.3 is 24.7 Å². The number of rotatable bonds is 9. The molecule has 0 aliphatic carbocycles. The second kappa shape index (κ2) is 16.4. The maximum Gasteiger partial charge on any atom is 0.257 e. The van der Waals surface area contributed by atoms with Crippen LogP contribution >= 0.6 is 11.6 Å². The molecule has 3 fully saturated rings. The Kier molecular flexibility index (Phi) is 12.0. The van der Waals surface area contributed by atoms with E-state index in [0.29, 0.717) is 49.9 Å². The third-order valence-electron chi connectivity index (χ3n) is 11.5. The molecule has 3 heterocycles. The van der Waals surface area contributed by atoms with Crippen LogP contribution in [0.25, 0.3) is 0 Å². The second-order valence-corrected chi connectivity index (χ2v) is 16.8. The van der Waals surface area contributed by atoms with Crippen molar-refractivity contribution in [3.63, 3.8) is 0 Å². The highest BCUT2D eigenvalue weighted by molar-refractivity contribution is 6.30. The number of hydrogen-bond donors (Lipinski definition) is 1. The summed E-state index contributed by atoms with van der Waals surface area (Å²) in [6.07, 6.45) is 0.443. The van der Waals surface area contributed by atoms with Crippen molar-refractivity contribution in [1.82, 2.24) is 24.5 Å². The first-order valence-electron chi connectivity index (χ1n) is 18.9. The normalized spacial score (nSPS) is 23.1. The molecule has 3 aromatic rings. The average molecular weight is 764 g/mol. The van der Waals surface area contributed by atoms with Crippen LogP contribution in [0.5, 0.6) is 5.75 Å². The molecule has 3 saturated heterocycles. The lowest BCUT2D eigenvalue weighted by atomic mass is 9.88. The largest absolute Gasteiger partial charge is 0.507 e. The molecule has 0 radical (unpaired) electrons. The van der Waals surface area contributed by atoms with Gasteiger partial charge in [-0.05, 0) is 88.0 Å². The smallest absolute Gasteiger partial charge is 0.257 e. The molecule has 3 aliphatic heterocycles. The third-order valence-corrected chi connectivity index (χ3v) is 11.7. The minimum Gasteiger partial charge on any atom is -0.507 e. The summed E-state index contributed by atoms with van der Waals surface area (Å²) in [4.78, 5) is 53.7. The summed E-state index contributed by atoms with van der Waals surface area (Å²) in [6.45, 7) is 12.2. The maximum atomic E-state index is 15.1. The molecular formula is C42H52ClF2N5O4. The predicted octanol–water partition coefficient (Wildman–Crippen LogP) is 5.90. The summed E-state index contributed by atoms with van der Waals surface area (Å²) in [5.74, 6) is -3.10. The van der Waals surface area contributed by atoms with Crippen molar-refractivity contribution in [3.8, 4) is 5.75 Å². The first-order valence-corrected chi connectivity index (χ1v) is 19.3. The minimum absolute atomic E-state index is 0.101. The number of para-hydroxylation sites is 1. The summed E-state index contributed by atoms with van der Waals surface area (Å²) >= 11 is 6.27. The Bertz CT molecular complexity index is 1830. The number of benzene rings is 3. The van der Waals surface area contributed by atoms with Crippen LogP contribution in [0.1, 0.15) is 61.5 Å². The monoisotopic (exact) mass is 763 g/mol. The third kappa shape index (κ3) is 8.74. The van der Waals surface area contributed by atoms with Gasteiger partial charge in [0, 0.05) is 74.9 Å². The Balaban J connectivity index is 1.35. The molecule has 3 aromatic carbocycles. The Morgan fingerprint density at radius 2 is 1.61 bits per heavy atom. The Labute approximate surface area is 322 Å². The van der Waals surface area contributed by atoms with E-state index in [-0.39, 0.29) is 66.4 Å². The van der Waals surface area contributed by atoms with Crippen molar-refractivity contribution in [3.05, 3.63) is 100 Å². The van der Waals surface area contributed by atoms with Gasteiger partial charge >= 0.3 is 0 Å². The molecular weight excluding hydrogens is 712 g/mol. The van der Waals surface area contributed by atoms with Crippen LogP contribution < -0.4 is 0 Å². The zero-order chi connectivity index (χ0) is 38.9. The number of likely N-dealkylation sites (N-methyl/N-ethyl adjacent to an activating group) is 1. The molecule has 12 heteroatoms. The Hall–Kier alpha value is -4.06. The van der Waals surface area contributed by atoms with Gasteiger partial charge in [-0.1, -0.05) is 48.9 Å². The number of aromatic hydroxyl groups is 1. The SMILES string of the molecule is CC(Cc1ccc(F)cc1F)CN(C(=O)c1ccccc1O)[C@H]1C[C@@H](C(=O)N2CCN(C)CC2)N(C(=O)[C@@H]2CN(C(C)(C)C)C[C@H]2c2ccc(Cl)cc2)C1. The number of carbonyl (C=O) groups excluding carboxylic acids is 3. The minimum atomic E-state index is -0.801. The zero-order valence-electron chi connectivity index (χ0n) is 31.9. The molecule has 0 aromatic heterocycles. The van der Waals surface area contributed by atoms with E-state index in [1.165, 1.54) is 18.2 Å². The van der Waals surface area contributed by atoms with E-state index in [9.17, 15) is 23.5 Å². The number of halogens is 3. The van der Waals surface area contributed by atoms with Gasteiger partial charge in [0.1, 0.15) is 23.4 Å². The van der Waals surface area contributed by atoms with Crippen LogP contribution in [-0.4, -0.2) is 124 Å². The quantitative estimate of drug-likeness (QED) is 0.292. The van der Waals surface area contributed by atoms with Crippen molar-refractivity contribution in [1.29, 1.82) is 0 Å². The summed E-state index contributed by atoms with van der Waals surface area (Å²) in [5, 5.41) is 11.4. The first kappa shape index (κ1) is 39.6. The van der Waals surface area contributed by atoms with Crippen molar-refractivity contribution in [2.24, 2.45) is 11.8 Å². The van der Waals surface area contributed by atoms with Crippen LogP contribution in [0.2, 0.25) is 5.02 Å². The number of likely N-dealkylation sites (tertiary alicyclic amines) is 2. The maximum absolute atomic E-state index is 15.1. The van der Waals surface area contributed by atoms with Gasteiger partial charge in [0.2, 0.25) is 11.8 Å². The van der Waals surface area contributed by atoms with E-state index in [0.717, 1.165) is 11.6 Å². The van der Waals surface area contributed by atoms with Crippen molar-refractivity contribution in [2.45, 2.75) is 64.1 Å². The van der Waals surface area contributed by atoms with Crippen LogP contribution in [-0.2, 0) is 16.0 Å². The Morgan fingerprint density at radius 1 is 0.926 bits per heavy atom. The molecule has 54 heavy (non-hydrogen) atoms. The van der Waals surface area contributed by atoms with Gasteiger partial charge in [-0.2, -0.15) is 0 Å². The number of hydrogen-bond acceptors (Lipinski definition) is 6. The number of piperazine rings is 1. The number of phenolic OH excluding ortho intramolecular Hbond substituents is 1. The van der Waals surface area contributed by atoms with Gasteiger partial charge in [0.15, 0.2) is 0 Å². The van der Waals surface area contributed by atoms with E-state index in [4.69, 9.17) is 11.6 Å². The van der Waals surface area contributed by atoms with Gasteiger partial charge in [0.05, 0.1) is 17.5 Å². The van der Waals surface area contributed by atoms with E-state index >= 15 is 4.79 Å². The summed E-state index contributed by atoms with van der Waals surface area (Å²) < 4.78 is 28.5. The standard InChI is InChI=1S/C42H52ClF2N5O4/c1-27(20-29-12-15-31(44)21-36(29)45)23-49(39(52)33-8-6-7-9-38(33)51)32-22-37(41(54)47-18-16-46(5)17-19-47)50(24-32)40(53)35-26-48(42(2,3)4)25-34(35)28-10-13-30(43)14-11-28/h6-15,21,27,32,34-35,37,51H,16-20,22-26H2,1-5H3/t27?,32-,34-,35+,37-/m0/s1. The first-order chi connectivity index (χ1) is 25.6. The summed E-state index contributed by atoms with van der Waals surface area (Å²) in [5.41, 5.74) is 1.22. The number of carbonyl (C=O) groups is 3. The van der Waals surface area contributed by atoms with Crippen LogP contribution in [0.4, 0.5) is 8.78 Å². The highest BCUT2D eigenvalue weighted by Crippen LogP contribution is 2.40. The highest BCUT2D eigenvalue weighted by atomic mass is 35.5. The van der Waals surface area contributed by atoms with Gasteiger partial charge in [-0.25, -0.2) is 8.78 Å². The van der Waals surface area contributed by atoms with Crippen molar-refractivity contribution < 1.29 is 28.3 Å². The fourth-order valence-corrected chi connectivity index (χ4v) is 8.41. The molecule has 5 atom stereocenters. The molecule has 290 valence electrons. The van der Waals surface area contributed by atoms with Gasteiger partial charge in [-0.15, -0.1) is 0 Å². The predicted molar refractivity (Wildman–Crippen MR) is 205 cm³/mol. The average Bonchev–Trinajstić information content (AvgIpc) is 3.78. The molecule has 3 amide bonds. The van der Waals surface area contributed by atoms with Crippen molar-refractivity contribution >= 4 is 29.3 Å². The summed E-state index contributed by atoms with van der Waals surface area (Å²) in [6, 6.07) is 16.0. The van der Waals surface area contributed by atoms with E-state index in [1.54, 1.807) is 28.0 Å². The number of amides is 3. The molecule has 0 saturated carbocycles. The molecule has 3 aliphatic rings. The topological polar surface area (TPSA) is 87.6 Å². The van der Waals surface area contributed by atoms with E-state index < -0.39 is 35.5 Å². The zero-order valence-corrected chi connectivity index (χ0v) is 32.6. The molecule has 6 rings (SSSR count). The van der Waals surface area contributed by atoms with Gasteiger partial charge in [0.25, 0.3) is 5.91 Å². The molecule has 1 unspecified atom stereocenters. The lowest BCUT2D eigenvalue weighted by Gasteiger charge is -2.36. The van der Waals surface area contributed by atoms with Crippen LogP contribution in [0, 0.1) is 23.5 Å². The van der Waals surface area contributed by atoms with Crippen molar-refractivity contribution in [2.75, 3.05) is 59.4 Å². The Morgan fingerprint density at radius 3 is 2.26 bits per heavy atom. The number of phenols is 1. The van der Waals surface area contributed by atoms with E-state index in [1.807, 2.05) is 43.1 Å². The van der Waals surface area contributed by atoms with Crippen LogP contribution in [0.3, 0.4) is 0 Å². The van der Waals surface area contributed by atoms with Gasteiger partial charge in [-0.3, -0.25) is 19.3 Å². The molecule has 1 N–H and O–H groups in total. The molecule has 0 spiro atoms. The second-order valence-electron chi connectivity index (χ2n) is 16.4. The molecule has 0 bridgehead atoms. The fraction of sp³-hybridized carbons (Fsp3) is 0.500. The lowest BCUT2D eigenvalue weighted by molar-refractivity contribution is -0.147. The van der Waals surface area contributed by atoms with E-state index in [2.05, 4.69) is 30.6 Å². The summed E-state index contributed by atoms with van der Waals surface area (Å²) in [7, 11) is 2.02.